The van der Waals surface area contributed by atoms with E-state index in [1.165, 1.54) is 6.92 Å². The predicted octanol–water partition coefficient (Wildman–Crippen LogP) is 1.27. The number of methoxy groups -OCH3 is 1. The van der Waals surface area contributed by atoms with Crippen LogP contribution in [0.25, 0.3) is 0 Å². The summed E-state index contributed by atoms with van der Waals surface area (Å²) in [7, 11) is -1.65. The van der Waals surface area contributed by atoms with Gasteiger partial charge in [-0.15, -0.1) is 6.42 Å². The molecule has 0 aromatic heterocycles. The largest absolute Gasteiger partial charge is 0.462 e. The van der Waals surface area contributed by atoms with Gasteiger partial charge in [0.2, 0.25) is 0 Å². The van der Waals surface area contributed by atoms with E-state index in [1.807, 2.05) is 0 Å². The Kier molecular flexibility index (Phi) is 4.60. The first-order chi connectivity index (χ1) is 5.11. The van der Waals surface area contributed by atoms with Crippen molar-refractivity contribution in [2.45, 2.75) is 13.0 Å². The molecule has 0 amide bonds. The number of rotatable bonds is 3. The van der Waals surface area contributed by atoms with Crippen LogP contribution >= 0.6 is 8.03 Å². The molecule has 2 unspecified atom stereocenters. The maximum Gasteiger partial charge on any atom is 0.388 e. The Morgan fingerprint density at radius 2 is 2.27 bits per heavy atom. The smallest absolute Gasteiger partial charge is 0.388 e. The summed E-state index contributed by atoms with van der Waals surface area (Å²) in [6.45, 7) is 1.52. The van der Waals surface area contributed by atoms with Crippen LogP contribution in [0.1, 0.15) is 6.92 Å². The van der Waals surface area contributed by atoms with Crippen molar-refractivity contribution in [3.63, 3.8) is 0 Å². The summed E-state index contributed by atoms with van der Waals surface area (Å²) in [6.07, 6.45) is 4.29. The fourth-order valence-electron chi connectivity index (χ4n) is 0.326. The quantitative estimate of drug-likeness (QED) is 0.480. The van der Waals surface area contributed by atoms with Crippen molar-refractivity contribution in [1.29, 1.82) is 0 Å². The minimum atomic E-state index is -2.78. The third-order valence-corrected chi connectivity index (χ3v) is 1.98. The number of hydrogen-bond donors (Lipinski definition) is 0. The lowest BCUT2D eigenvalue weighted by atomic mass is 10.4. The topological polar surface area (TPSA) is 52.6 Å². The molecule has 4 nitrogen and oxygen atoms in total. The lowest BCUT2D eigenvalue weighted by Gasteiger charge is -2.03. The van der Waals surface area contributed by atoms with Crippen LogP contribution < -0.4 is 0 Å². The molecule has 0 aromatic carbocycles. The summed E-state index contributed by atoms with van der Waals surface area (Å²) < 4.78 is 19.5. The van der Waals surface area contributed by atoms with Crippen molar-refractivity contribution in [2.24, 2.45) is 0 Å². The van der Waals surface area contributed by atoms with Crippen molar-refractivity contribution >= 4 is 13.7 Å². The van der Waals surface area contributed by atoms with Crippen LogP contribution in [-0.4, -0.2) is 18.9 Å². The molecule has 0 aliphatic heterocycles. The summed E-state index contributed by atoms with van der Waals surface area (Å²) in [5.74, 6) is 2.17. The Bertz CT molecular complexity index is 205. The number of hydrogen-bond acceptors (Lipinski definition) is 4. The van der Waals surface area contributed by atoms with Gasteiger partial charge in [-0.3, -0.25) is 4.57 Å². The van der Waals surface area contributed by atoms with Gasteiger partial charge >= 0.3 is 5.71 Å². The number of ether oxygens (including phenoxy) is 1. The first-order valence-electron chi connectivity index (χ1n) is 2.87. The highest BCUT2D eigenvalue weighted by molar-refractivity contribution is 7.58. The molecule has 0 rings (SSSR count). The highest BCUT2D eigenvalue weighted by Gasteiger charge is 2.13. The van der Waals surface area contributed by atoms with Gasteiger partial charge in [-0.05, 0) is 6.92 Å². The highest BCUT2D eigenvalue weighted by Crippen LogP contribution is 2.26. The van der Waals surface area contributed by atoms with E-state index < -0.39 is 19.8 Å². The van der Waals surface area contributed by atoms with Crippen molar-refractivity contribution in [2.75, 3.05) is 7.11 Å². The normalized spacial score (nSPS) is 14.6. The lowest BCUT2D eigenvalue weighted by molar-refractivity contribution is 0.189. The van der Waals surface area contributed by atoms with Crippen molar-refractivity contribution < 1.29 is 18.6 Å². The molecule has 0 spiro atoms. The van der Waals surface area contributed by atoms with Gasteiger partial charge in [0, 0.05) is 0 Å². The molecule has 62 valence electrons. The van der Waals surface area contributed by atoms with E-state index in [-0.39, 0.29) is 0 Å². The van der Waals surface area contributed by atoms with Crippen LogP contribution in [0.3, 0.4) is 0 Å². The zero-order chi connectivity index (χ0) is 8.85. The van der Waals surface area contributed by atoms with Crippen molar-refractivity contribution in [3.05, 3.63) is 0 Å². The van der Waals surface area contributed by atoms with Crippen LogP contribution in [0.5, 0.6) is 0 Å². The molecule has 0 aliphatic carbocycles. The fourth-order valence-corrected chi connectivity index (χ4v) is 0.978. The third-order valence-electron chi connectivity index (χ3n) is 0.871. The van der Waals surface area contributed by atoms with Crippen LogP contribution in [0.2, 0.25) is 0 Å². The average molecular weight is 176 g/mol. The second kappa shape index (κ2) is 4.95. The van der Waals surface area contributed by atoms with Gasteiger partial charge in [-0.2, -0.15) is 0 Å². The molecule has 0 aromatic rings. The zero-order valence-corrected chi connectivity index (χ0v) is 7.29. The molecule has 0 N–H and O–H groups in total. The average Bonchev–Trinajstić information content (AvgIpc) is 2.02. The van der Waals surface area contributed by atoms with Crippen molar-refractivity contribution in [3.8, 4) is 12.3 Å². The van der Waals surface area contributed by atoms with E-state index in [2.05, 4.69) is 15.2 Å². The Hall–Kier alpha value is -0.780. The predicted molar refractivity (Wildman–Crippen MR) is 40.8 cm³/mol. The van der Waals surface area contributed by atoms with E-state index in [4.69, 9.17) is 6.42 Å². The van der Waals surface area contributed by atoms with E-state index in [1.54, 1.807) is 0 Å². The molecule has 5 heteroatoms. The first-order valence-corrected chi connectivity index (χ1v) is 4.18. The summed E-state index contributed by atoms with van der Waals surface area (Å²) in [4.78, 5) is 10.5. The SMILES string of the molecule is C#CC(C)O[PH](=O)C(=O)OC. The lowest BCUT2D eigenvalue weighted by Crippen LogP contribution is -2.02. The zero-order valence-electron chi connectivity index (χ0n) is 6.29. The molecular weight excluding hydrogens is 167 g/mol. The third kappa shape index (κ3) is 3.82. The molecular formula is C6H9O4P. The van der Waals surface area contributed by atoms with Crippen LogP contribution in [0.4, 0.5) is 4.79 Å². The summed E-state index contributed by atoms with van der Waals surface area (Å²) in [6, 6.07) is 0. The van der Waals surface area contributed by atoms with Crippen LogP contribution in [-0.2, 0) is 13.8 Å². The van der Waals surface area contributed by atoms with Crippen LogP contribution in [0, 0.1) is 12.3 Å². The van der Waals surface area contributed by atoms with E-state index in [0.717, 1.165) is 7.11 Å². The molecule has 0 bridgehead atoms. The monoisotopic (exact) mass is 176 g/mol. The van der Waals surface area contributed by atoms with Gasteiger partial charge in [0.1, 0.15) is 6.10 Å². The summed E-state index contributed by atoms with van der Waals surface area (Å²) >= 11 is 0. The van der Waals surface area contributed by atoms with Gasteiger partial charge in [-0.25, -0.2) is 4.79 Å². The molecule has 11 heavy (non-hydrogen) atoms. The summed E-state index contributed by atoms with van der Waals surface area (Å²) in [5, 5.41) is 0. The molecule has 0 heterocycles. The highest BCUT2D eigenvalue weighted by atomic mass is 31.1. The Labute approximate surface area is 65.7 Å². The van der Waals surface area contributed by atoms with E-state index in [0.29, 0.717) is 0 Å². The van der Waals surface area contributed by atoms with Crippen molar-refractivity contribution in [1.82, 2.24) is 0 Å². The Balaban J connectivity index is 3.90. The molecule has 0 fully saturated rings. The maximum atomic E-state index is 10.7. The second-order valence-electron chi connectivity index (χ2n) is 1.71. The summed E-state index contributed by atoms with van der Waals surface area (Å²) in [5.41, 5.74) is -0.864. The molecule has 0 saturated carbocycles. The van der Waals surface area contributed by atoms with Gasteiger partial charge in [0.05, 0.1) is 7.11 Å². The molecule has 0 aliphatic rings. The van der Waals surface area contributed by atoms with Crippen LogP contribution in [0.15, 0.2) is 0 Å². The minimum absolute atomic E-state index is 0.625. The molecule has 0 radical (unpaired) electrons. The number of carbonyl (C=O) groups excluding carboxylic acids is 1. The van der Waals surface area contributed by atoms with E-state index >= 15 is 0 Å². The number of terminal acetylenes is 1. The second-order valence-corrected chi connectivity index (χ2v) is 2.92. The minimum Gasteiger partial charge on any atom is -0.462 e. The molecule has 0 saturated heterocycles. The maximum absolute atomic E-state index is 10.7. The first kappa shape index (κ1) is 10.2. The Morgan fingerprint density at radius 3 is 2.64 bits per heavy atom. The Morgan fingerprint density at radius 1 is 1.73 bits per heavy atom. The van der Waals surface area contributed by atoms with Gasteiger partial charge in [0.15, 0.2) is 0 Å². The molecule has 2 atom stereocenters. The van der Waals surface area contributed by atoms with E-state index in [9.17, 15) is 9.36 Å². The van der Waals surface area contributed by atoms with Gasteiger partial charge in [0.25, 0.3) is 8.03 Å². The standard InChI is InChI=1S/C6H9O4P/c1-4-5(2)10-11(8)6(7)9-3/h1,5,11H,2-3H3. The van der Waals surface area contributed by atoms with Gasteiger partial charge in [-0.1, -0.05) is 5.92 Å². The fraction of sp³-hybridized carbons (Fsp3) is 0.500. The van der Waals surface area contributed by atoms with Gasteiger partial charge < -0.3 is 9.26 Å². The number of carbonyl (C=O) groups is 1.